The molecule has 11 heavy (non-hydrogen) atoms. The van der Waals surface area contributed by atoms with E-state index in [1.165, 1.54) is 20.8 Å². The molecule has 7 heteroatoms. The summed E-state index contributed by atoms with van der Waals surface area (Å²) in [7, 11) is -4.79. The molecule has 0 aliphatic rings. The molecule has 0 spiro atoms. The van der Waals surface area contributed by atoms with Crippen LogP contribution in [0.25, 0.3) is 0 Å². The van der Waals surface area contributed by atoms with E-state index in [1.54, 1.807) is 0 Å². The third-order valence-corrected chi connectivity index (χ3v) is 1.16. The van der Waals surface area contributed by atoms with Crippen LogP contribution in [0.15, 0.2) is 0 Å². The van der Waals surface area contributed by atoms with Gasteiger partial charge in [0, 0.05) is 0 Å². The molecule has 0 N–H and O–H groups in total. The van der Waals surface area contributed by atoms with Crippen molar-refractivity contribution in [1.29, 1.82) is 0 Å². The van der Waals surface area contributed by atoms with Crippen LogP contribution in [-0.2, 0) is 9.09 Å². The van der Waals surface area contributed by atoms with Crippen molar-refractivity contribution in [3.8, 4) is 0 Å². The van der Waals surface area contributed by atoms with Crippen molar-refractivity contribution in [3.63, 3.8) is 0 Å². The van der Waals surface area contributed by atoms with Crippen LogP contribution in [0.4, 0.5) is 0 Å². The molecule has 0 aromatic heterocycles. The standard InChI is InChI=1S/C4H11O4P.2Na/c1-4(2,3)8-9(5,6)7;;/h1-3H3,(H2,5,6,7);;/q;2*+1/p-2. The zero-order valence-corrected chi connectivity index (χ0v) is 12.5. The van der Waals surface area contributed by atoms with Crippen molar-refractivity contribution in [1.82, 2.24) is 0 Å². The molecule has 56 valence electrons. The maximum absolute atomic E-state index is 9.90. The molecule has 0 saturated carbocycles. The number of phosphoric ester groups is 1. The Morgan fingerprint density at radius 3 is 1.45 bits per heavy atom. The summed E-state index contributed by atoms with van der Waals surface area (Å²) in [5.41, 5.74) is -0.904. The number of hydrogen-bond donors (Lipinski definition) is 0. The Morgan fingerprint density at radius 2 is 1.45 bits per heavy atom. The molecular weight excluding hydrogens is 189 g/mol. The number of hydrogen-bond acceptors (Lipinski definition) is 4. The zero-order valence-electron chi connectivity index (χ0n) is 7.58. The average molecular weight is 198 g/mol. The quantitative estimate of drug-likeness (QED) is 0.310. The van der Waals surface area contributed by atoms with Crippen LogP contribution in [-0.4, -0.2) is 5.60 Å². The van der Waals surface area contributed by atoms with Crippen LogP contribution in [0, 0.1) is 0 Å². The molecule has 0 aliphatic heterocycles. The van der Waals surface area contributed by atoms with Gasteiger partial charge in [-0.05, 0) is 20.8 Å². The molecule has 0 aliphatic carbocycles. The van der Waals surface area contributed by atoms with Gasteiger partial charge in [-0.2, -0.15) is 0 Å². The van der Waals surface area contributed by atoms with Gasteiger partial charge in [-0.15, -0.1) is 0 Å². The minimum atomic E-state index is -4.79. The fourth-order valence-corrected chi connectivity index (χ4v) is 1.01. The molecule has 0 amide bonds. The van der Waals surface area contributed by atoms with E-state index in [0.29, 0.717) is 0 Å². The van der Waals surface area contributed by atoms with E-state index in [2.05, 4.69) is 4.52 Å². The molecule has 0 bridgehead atoms. The van der Waals surface area contributed by atoms with Crippen molar-refractivity contribution in [2.45, 2.75) is 26.4 Å². The molecule has 0 unspecified atom stereocenters. The Labute approximate surface area is 111 Å². The van der Waals surface area contributed by atoms with Gasteiger partial charge >= 0.3 is 59.1 Å². The zero-order chi connectivity index (χ0) is 7.71. The van der Waals surface area contributed by atoms with E-state index < -0.39 is 13.4 Å². The largest absolute Gasteiger partial charge is 1.00 e. The fourth-order valence-electron chi connectivity index (χ4n) is 0.335. The Morgan fingerprint density at radius 1 is 1.18 bits per heavy atom. The van der Waals surface area contributed by atoms with Gasteiger partial charge in [-0.3, -0.25) is 0 Å². The summed E-state index contributed by atoms with van der Waals surface area (Å²) < 4.78 is 14.0. The Bertz CT molecular complexity index is 138. The van der Waals surface area contributed by atoms with Gasteiger partial charge in [0.1, 0.15) is 0 Å². The van der Waals surface area contributed by atoms with Gasteiger partial charge in [-0.1, -0.05) is 0 Å². The van der Waals surface area contributed by atoms with Crippen LogP contribution in [0.1, 0.15) is 20.8 Å². The average Bonchev–Trinajstić information content (AvgIpc) is 1.14. The van der Waals surface area contributed by atoms with E-state index in [9.17, 15) is 14.4 Å². The van der Waals surface area contributed by atoms with E-state index in [-0.39, 0.29) is 59.1 Å². The number of phosphoric acid groups is 1. The Balaban J connectivity index is -0.000000320. The van der Waals surface area contributed by atoms with Crippen molar-refractivity contribution in [2.24, 2.45) is 0 Å². The third-order valence-electron chi connectivity index (χ3n) is 0.386. The summed E-state index contributed by atoms with van der Waals surface area (Å²) in [6.45, 7) is 4.49. The summed E-state index contributed by atoms with van der Waals surface area (Å²) in [6, 6.07) is 0. The molecular formula is C4H9Na2O4P. The van der Waals surface area contributed by atoms with Crippen LogP contribution >= 0.6 is 7.82 Å². The third kappa shape index (κ3) is 18.8. The van der Waals surface area contributed by atoms with Gasteiger partial charge in [0.15, 0.2) is 0 Å². The summed E-state index contributed by atoms with van der Waals surface area (Å²) in [5, 5.41) is 0. The molecule has 0 heterocycles. The van der Waals surface area contributed by atoms with Crippen molar-refractivity contribution >= 4 is 7.82 Å². The van der Waals surface area contributed by atoms with E-state index in [4.69, 9.17) is 0 Å². The first-order valence-electron chi connectivity index (χ1n) is 2.43. The normalized spacial score (nSPS) is 11.4. The minimum absolute atomic E-state index is 0. The van der Waals surface area contributed by atoms with Crippen LogP contribution in [0.3, 0.4) is 0 Å². The van der Waals surface area contributed by atoms with Gasteiger partial charge in [0.25, 0.3) is 0 Å². The first-order valence-corrected chi connectivity index (χ1v) is 3.90. The first-order chi connectivity index (χ1) is 3.71. The van der Waals surface area contributed by atoms with Crippen molar-refractivity contribution in [2.75, 3.05) is 0 Å². The van der Waals surface area contributed by atoms with Gasteiger partial charge in [-0.25, -0.2) is 0 Å². The minimum Gasteiger partial charge on any atom is -0.790 e. The van der Waals surface area contributed by atoms with Gasteiger partial charge in [0.2, 0.25) is 0 Å². The monoisotopic (exact) mass is 198 g/mol. The van der Waals surface area contributed by atoms with Gasteiger partial charge in [0.05, 0.1) is 13.4 Å². The maximum atomic E-state index is 9.90. The smallest absolute Gasteiger partial charge is 0.790 e. The second kappa shape index (κ2) is 6.55. The molecule has 0 fully saturated rings. The van der Waals surface area contributed by atoms with E-state index >= 15 is 0 Å². The van der Waals surface area contributed by atoms with Crippen molar-refractivity contribution < 1.29 is 78.0 Å². The van der Waals surface area contributed by atoms with Crippen LogP contribution in [0.5, 0.6) is 0 Å². The predicted molar refractivity (Wildman–Crippen MR) is 28.4 cm³/mol. The summed E-state index contributed by atoms with van der Waals surface area (Å²) in [5.74, 6) is 0. The van der Waals surface area contributed by atoms with Crippen LogP contribution in [0.2, 0.25) is 0 Å². The molecule has 0 radical (unpaired) electrons. The fraction of sp³-hybridized carbons (Fsp3) is 1.00. The van der Waals surface area contributed by atoms with E-state index in [0.717, 1.165) is 0 Å². The van der Waals surface area contributed by atoms with Gasteiger partial charge < -0.3 is 18.9 Å². The Hall–Kier alpha value is 2.11. The molecule has 0 atom stereocenters. The second-order valence-corrected chi connectivity index (χ2v) is 3.73. The maximum Gasteiger partial charge on any atom is 1.00 e. The molecule has 0 rings (SSSR count). The second-order valence-electron chi connectivity index (χ2n) is 2.65. The first kappa shape index (κ1) is 18.8. The molecule has 0 saturated heterocycles. The molecule has 0 aromatic rings. The van der Waals surface area contributed by atoms with Crippen molar-refractivity contribution in [3.05, 3.63) is 0 Å². The summed E-state index contributed by atoms with van der Waals surface area (Å²) >= 11 is 0. The number of rotatable bonds is 1. The molecule has 0 aromatic carbocycles. The Kier molecular flexibility index (Phi) is 11.2. The summed E-state index contributed by atoms with van der Waals surface area (Å²) in [6.07, 6.45) is 0. The SMILES string of the molecule is CC(C)(C)OP(=O)([O-])[O-].[Na+].[Na+]. The van der Waals surface area contributed by atoms with Crippen LogP contribution < -0.4 is 68.9 Å². The summed E-state index contributed by atoms with van der Waals surface area (Å²) in [4.78, 5) is 19.8. The predicted octanol–water partition coefficient (Wildman–Crippen LogP) is -6.36. The topological polar surface area (TPSA) is 72.4 Å². The molecule has 4 nitrogen and oxygen atoms in total. The van der Waals surface area contributed by atoms with E-state index in [1.807, 2.05) is 0 Å².